The number of nitrogens with one attached hydrogen (secondary N) is 1. The molecule has 3 heterocycles. The Hall–Kier alpha value is -2.94. The van der Waals surface area contributed by atoms with Gasteiger partial charge < -0.3 is 10.2 Å². The zero-order valence-electron chi connectivity index (χ0n) is 15.5. The molecule has 2 aromatic rings. The predicted octanol–water partition coefficient (Wildman–Crippen LogP) is 3.70. The zero-order valence-corrected chi connectivity index (χ0v) is 15.5. The van der Waals surface area contributed by atoms with Crippen LogP contribution in [0, 0.1) is 11.3 Å². The number of aromatic nitrogens is 2. The van der Waals surface area contributed by atoms with Gasteiger partial charge in [-0.25, -0.2) is 9.97 Å². The number of carbonyl (C=O) groups excluding carboxylic acids is 1. The number of nitriles is 1. The smallest absolute Gasteiger partial charge is 0.219 e. The maximum Gasteiger partial charge on any atom is 0.219 e. The molecule has 1 amide bonds. The fourth-order valence-electron chi connectivity index (χ4n) is 3.69. The highest BCUT2D eigenvalue weighted by atomic mass is 16.2. The van der Waals surface area contributed by atoms with Crippen molar-refractivity contribution in [3.8, 4) is 6.07 Å². The van der Waals surface area contributed by atoms with E-state index in [0.29, 0.717) is 23.2 Å². The van der Waals surface area contributed by atoms with Crippen LogP contribution in [0.3, 0.4) is 0 Å². The van der Waals surface area contributed by atoms with Crippen molar-refractivity contribution < 1.29 is 4.79 Å². The Bertz CT molecular complexity index is 892. The quantitative estimate of drug-likeness (QED) is 0.898. The number of likely N-dealkylation sites (tertiary alicyclic amines) is 1. The molecule has 2 aromatic heterocycles. The van der Waals surface area contributed by atoms with Gasteiger partial charge in [0, 0.05) is 37.8 Å². The number of nitrogens with zero attached hydrogens (tertiary/aromatic N) is 4. The second-order valence-corrected chi connectivity index (χ2v) is 7.43. The average Bonchev–Trinajstić information content (AvgIpc) is 3.53. The number of piperidine rings is 1. The molecule has 6 heteroatoms. The molecule has 0 spiro atoms. The Morgan fingerprint density at radius 1 is 1.15 bits per heavy atom. The molecule has 0 bridgehead atoms. The number of pyridine rings is 2. The van der Waals surface area contributed by atoms with E-state index in [0.717, 1.165) is 37.4 Å². The Kier molecular flexibility index (Phi) is 4.76. The molecule has 0 aromatic carbocycles. The van der Waals surface area contributed by atoms with Crippen LogP contribution in [0.5, 0.6) is 0 Å². The van der Waals surface area contributed by atoms with Crippen LogP contribution in [0.4, 0.5) is 11.6 Å². The van der Waals surface area contributed by atoms with Crippen LogP contribution in [-0.2, 0) is 4.79 Å². The molecular formula is C21H23N5O. The van der Waals surface area contributed by atoms with Crippen LogP contribution in [0.25, 0.3) is 0 Å². The van der Waals surface area contributed by atoms with E-state index in [1.807, 2.05) is 4.90 Å². The number of amides is 1. The number of anilines is 2. The van der Waals surface area contributed by atoms with Crippen molar-refractivity contribution in [2.45, 2.75) is 44.4 Å². The summed E-state index contributed by atoms with van der Waals surface area (Å²) < 4.78 is 0. The van der Waals surface area contributed by atoms with Gasteiger partial charge in [0.25, 0.3) is 0 Å². The Labute approximate surface area is 159 Å². The summed E-state index contributed by atoms with van der Waals surface area (Å²) >= 11 is 0. The van der Waals surface area contributed by atoms with Gasteiger partial charge in [-0.05, 0) is 61.4 Å². The average molecular weight is 361 g/mol. The van der Waals surface area contributed by atoms with Crippen molar-refractivity contribution in [3.63, 3.8) is 0 Å². The first-order valence-corrected chi connectivity index (χ1v) is 9.53. The molecule has 1 saturated carbocycles. The molecule has 4 rings (SSSR count). The van der Waals surface area contributed by atoms with Gasteiger partial charge in [-0.15, -0.1) is 0 Å². The van der Waals surface area contributed by atoms with E-state index >= 15 is 0 Å². The summed E-state index contributed by atoms with van der Waals surface area (Å²) in [4.78, 5) is 22.6. The van der Waals surface area contributed by atoms with E-state index < -0.39 is 0 Å². The molecule has 1 aliphatic carbocycles. The van der Waals surface area contributed by atoms with Crippen molar-refractivity contribution >= 4 is 17.5 Å². The fraction of sp³-hybridized carbons (Fsp3) is 0.429. The van der Waals surface area contributed by atoms with Crippen molar-refractivity contribution in [2.24, 2.45) is 0 Å². The topological polar surface area (TPSA) is 81.9 Å². The van der Waals surface area contributed by atoms with Gasteiger partial charge in [0.1, 0.15) is 11.6 Å². The second-order valence-electron chi connectivity index (χ2n) is 7.43. The van der Waals surface area contributed by atoms with E-state index in [4.69, 9.17) is 10.2 Å². The molecule has 138 valence electrons. The molecule has 2 fully saturated rings. The largest absolute Gasteiger partial charge is 0.343 e. The Morgan fingerprint density at radius 3 is 2.59 bits per heavy atom. The Balaban J connectivity index is 1.57. The van der Waals surface area contributed by atoms with Gasteiger partial charge in [-0.2, -0.15) is 5.26 Å². The van der Waals surface area contributed by atoms with Crippen molar-refractivity contribution in [2.75, 3.05) is 18.4 Å². The van der Waals surface area contributed by atoms with Gasteiger partial charge in [-0.1, -0.05) is 0 Å². The maximum atomic E-state index is 11.6. The zero-order chi connectivity index (χ0) is 18.8. The van der Waals surface area contributed by atoms with Crippen molar-refractivity contribution in [3.05, 3.63) is 47.3 Å². The standard InChI is InChI=1S/C21H23N5O/c1-14(27)26-8-5-16(6-9-26)18-11-19(17-2-3-17)24-21(12-18)25-20-10-15(13-22)4-7-23-20/h4,7,10-12,16-17H,2-3,5-6,8-9H2,1H3,(H,23,24,25). The van der Waals surface area contributed by atoms with Crippen molar-refractivity contribution in [1.82, 2.24) is 14.9 Å². The van der Waals surface area contributed by atoms with Gasteiger partial charge in [0.2, 0.25) is 5.91 Å². The molecule has 1 aliphatic heterocycles. The normalized spacial score (nSPS) is 17.4. The third kappa shape index (κ3) is 4.08. The number of hydrogen-bond acceptors (Lipinski definition) is 5. The monoisotopic (exact) mass is 361 g/mol. The predicted molar refractivity (Wildman–Crippen MR) is 103 cm³/mol. The highest BCUT2D eigenvalue weighted by Crippen LogP contribution is 2.41. The number of carbonyl (C=O) groups is 1. The van der Waals surface area contributed by atoms with E-state index in [1.54, 1.807) is 25.3 Å². The minimum absolute atomic E-state index is 0.160. The number of rotatable bonds is 4. The third-order valence-electron chi connectivity index (χ3n) is 5.42. The lowest BCUT2D eigenvalue weighted by atomic mass is 9.89. The van der Waals surface area contributed by atoms with E-state index in [-0.39, 0.29) is 5.91 Å². The molecule has 27 heavy (non-hydrogen) atoms. The lowest BCUT2D eigenvalue weighted by molar-refractivity contribution is -0.129. The van der Waals surface area contributed by atoms with Crippen LogP contribution in [0.15, 0.2) is 30.5 Å². The summed E-state index contributed by atoms with van der Waals surface area (Å²) in [7, 11) is 0. The third-order valence-corrected chi connectivity index (χ3v) is 5.42. The number of hydrogen-bond donors (Lipinski definition) is 1. The molecule has 1 N–H and O–H groups in total. The SMILES string of the molecule is CC(=O)N1CCC(c2cc(Nc3cc(C#N)ccn3)nc(C3CC3)c2)CC1. The van der Waals surface area contributed by atoms with Gasteiger partial charge in [0.05, 0.1) is 11.6 Å². The van der Waals surface area contributed by atoms with E-state index in [1.165, 1.54) is 18.4 Å². The first-order chi connectivity index (χ1) is 13.1. The first kappa shape index (κ1) is 17.5. The summed E-state index contributed by atoms with van der Waals surface area (Å²) in [5.74, 6) is 2.58. The summed E-state index contributed by atoms with van der Waals surface area (Å²) in [6.07, 6.45) is 5.98. The molecule has 0 radical (unpaired) electrons. The van der Waals surface area contributed by atoms with Crippen LogP contribution >= 0.6 is 0 Å². The first-order valence-electron chi connectivity index (χ1n) is 9.53. The molecule has 0 atom stereocenters. The van der Waals surface area contributed by atoms with Crippen LogP contribution in [0.2, 0.25) is 0 Å². The lowest BCUT2D eigenvalue weighted by Gasteiger charge is -2.31. The highest BCUT2D eigenvalue weighted by Gasteiger charge is 2.28. The minimum atomic E-state index is 0.160. The van der Waals surface area contributed by atoms with Gasteiger partial charge >= 0.3 is 0 Å². The minimum Gasteiger partial charge on any atom is -0.343 e. The van der Waals surface area contributed by atoms with Crippen LogP contribution in [-0.4, -0.2) is 33.9 Å². The summed E-state index contributed by atoms with van der Waals surface area (Å²) in [5.41, 5.74) is 3.00. The van der Waals surface area contributed by atoms with E-state index in [2.05, 4.69) is 28.5 Å². The summed E-state index contributed by atoms with van der Waals surface area (Å²) in [6, 6.07) is 9.90. The summed E-state index contributed by atoms with van der Waals surface area (Å²) in [6.45, 7) is 3.27. The second kappa shape index (κ2) is 7.36. The van der Waals surface area contributed by atoms with Crippen LogP contribution in [0.1, 0.15) is 61.3 Å². The molecular weight excluding hydrogens is 338 g/mol. The molecule has 0 unspecified atom stereocenters. The lowest BCUT2D eigenvalue weighted by Crippen LogP contribution is -2.36. The molecule has 6 nitrogen and oxygen atoms in total. The van der Waals surface area contributed by atoms with Gasteiger partial charge in [-0.3, -0.25) is 4.79 Å². The van der Waals surface area contributed by atoms with E-state index in [9.17, 15) is 4.79 Å². The Morgan fingerprint density at radius 2 is 1.93 bits per heavy atom. The highest BCUT2D eigenvalue weighted by molar-refractivity contribution is 5.73. The van der Waals surface area contributed by atoms with Gasteiger partial charge in [0.15, 0.2) is 0 Å². The maximum absolute atomic E-state index is 11.6. The van der Waals surface area contributed by atoms with Crippen molar-refractivity contribution in [1.29, 1.82) is 5.26 Å². The molecule has 2 aliphatic rings. The molecule has 1 saturated heterocycles. The summed E-state index contributed by atoms with van der Waals surface area (Å²) in [5, 5.41) is 12.3. The van der Waals surface area contributed by atoms with Crippen LogP contribution < -0.4 is 5.32 Å². The fourth-order valence-corrected chi connectivity index (χ4v) is 3.69.